The zero-order chi connectivity index (χ0) is 15.3. The quantitative estimate of drug-likeness (QED) is 0.632. The standard InChI is InChI=1S/C12H13FN2O5/c1-14(6-2-3-11(16)17)12(18)9-5-4-8(13)7-10(9)15(19)20/h4-5,7H,2-3,6H2,1H3,(H,16,17). The maximum Gasteiger partial charge on any atom is 0.303 e. The molecule has 0 saturated heterocycles. The lowest BCUT2D eigenvalue weighted by Crippen LogP contribution is -2.28. The molecular formula is C12H13FN2O5. The van der Waals surface area contributed by atoms with E-state index in [2.05, 4.69) is 0 Å². The number of hydrogen-bond acceptors (Lipinski definition) is 4. The Balaban J connectivity index is 2.86. The van der Waals surface area contributed by atoms with E-state index in [1.807, 2.05) is 0 Å². The average molecular weight is 284 g/mol. The van der Waals surface area contributed by atoms with Crippen LogP contribution in [0, 0.1) is 15.9 Å². The molecule has 1 N–H and O–H groups in total. The van der Waals surface area contributed by atoms with Gasteiger partial charge in [-0.2, -0.15) is 0 Å². The summed E-state index contributed by atoms with van der Waals surface area (Å²) in [5, 5.41) is 19.3. The molecule has 20 heavy (non-hydrogen) atoms. The first kappa shape index (κ1) is 15.5. The van der Waals surface area contributed by atoms with Gasteiger partial charge >= 0.3 is 5.97 Å². The average Bonchev–Trinajstić information content (AvgIpc) is 2.37. The van der Waals surface area contributed by atoms with Crippen molar-refractivity contribution >= 4 is 17.6 Å². The number of amides is 1. The molecule has 1 aromatic carbocycles. The lowest BCUT2D eigenvalue weighted by atomic mass is 10.1. The fourth-order valence-electron chi connectivity index (χ4n) is 1.61. The van der Waals surface area contributed by atoms with Gasteiger partial charge in [-0.25, -0.2) is 4.39 Å². The van der Waals surface area contributed by atoms with Crippen molar-refractivity contribution in [2.75, 3.05) is 13.6 Å². The summed E-state index contributed by atoms with van der Waals surface area (Å²) in [6, 6.07) is 2.69. The minimum Gasteiger partial charge on any atom is -0.481 e. The van der Waals surface area contributed by atoms with Crippen molar-refractivity contribution in [3.05, 3.63) is 39.7 Å². The topological polar surface area (TPSA) is 101 Å². The minimum atomic E-state index is -0.987. The Kier molecular flexibility index (Phi) is 5.13. The van der Waals surface area contributed by atoms with Gasteiger partial charge in [-0.05, 0) is 18.6 Å². The van der Waals surface area contributed by atoms with Gasteiger partial charge in [-0.3, -0.25) is 19.7 Å². The molecular weight excluding hydrogens is 271 g/mol. The highest BCUT2D eigenvalue weighted by Crippen LogP contribution is 2.21. The Hall–Kier alpha value is -2.51. The number of nitro benzene ring substituents is 1. The molecule has 0 atom stereocenters. The first-order chi connectivity index (χ1) is 9.32. The van der Waals surface area contributed by atoms with Crippen molar-refractivity contribution in [3.8, 4) is 0 Å². The molecule has 0 aliphatic carbocycles. The van der Waals surface area contributed by atoms with Crippen molar-refractivity contribution in [1.29, 1.82) is 0 Å². The summed E-state index contributed by atoms with van der Waals surface area (Å²) in [5.74, 6) is -2.44. The van der Waals surface area contributed by atoms with E-state index < -0.39 is 28.3 Å². The fraction of sp³-hybridized carbons (Fsp3) is 0.333. The summed E-state index contributed by atoms with van der Waals surface area (Å²) in [6.45, 7) is 0.139. The Morgan fingerprint density at radius 2 is 2.10 bits per heavy atom. The van der Waals surface area contributed by atoms with E-state index in [9.17, 15) is 24.1 Å². The van der Waals surface area contributed by atoms with Gasteiger partial charge in [0.1, 0.15) is 11.4 Å². The van der Waals surface area contributed by atoms with Gasteiger partial charge in [0.2, 0.25) is 0 Å². The van der Waals surface area contributed by atoms with Gasteiger partial charge in [0.05, 0.1) is 11.0 Å². The van der Waals surface area contributed by atoms with Gasteiger partial charge in [0.25, 0.3) is 11.6 Å². The second kappa shape index (κ2) is 6.60. The number of halogens is 1. The first-order valence-electron chi connectivity index (χ1n) is 5.74. The number of benzene rings is 1. The van der Waals surface area contributed by atoms with Crippen LogP contribution in [0.25, 0.3) is 0 Å². The predicted molar refractivity (Wildman–Crippen MR) is 66.9 cm³/mol. The number of carboxylic acid groups (broad SMARTS) is 1. The Labute approximate surface area is 113 Å². The van der Waals surface area contributed by atoms with E-state index in [-0.39, 0.29) is 24.9 Å². The molecule has 0 radical (unpaired) electrons. The van der Waals surface area contributed by atoms with Crippen LogP contribution >= 0.6 is 0 Å². The van der Waals surface area contributed by atoms with E-state index in [4.69, 9.17) is 5.11 Å². The van der Waals surface area contributed by atoms with Gasteiger partial charge in [-0.1, -0.05) is 0 Å². The highest BCUT2D eigenvalue weighted by atomic mass is 19.1. The number of nitrogens with zero attached hydrogens (tertiary/aromatic N) is 2. The molecule has 1 rings (SSSR count). The van der Waals surface area contributed by atoms with Crippen molar-refractivity contribution < 1.29 is 24.0 Å². The molecule has 8 heteroatoms. The molecule has 1 amide bonds. The van der Waals surface area contributed by atoms with Crippen LogP contribution < -0.4 is 0 Å². The van der Waals surface area contributed by atoms with Gasteiger partial charge in [-0.15, -0.1) is 0 Å². The number of rotatable bonds is 6. The maximum absolute atomic E-state index is 13.0. The Morgan fingerprint density at radius 3 is 2.65 bits per heavy atom. The Bertz CT molecular complexity index is 547. The number of carbonyl (C=O) groups excluding carboxylic acids is 1. The van der Waals surface area contributed by atoms with Crippen LogP contribution in [-0.2, 0) is 4.79 Å². The van der Waals surface area contributed by atoms with Crippen LogP contribution in [-0.4, -0.2) is 40.4 Å². The third-order valence-corrected chi connectivity index (χ3v) is 2.62. The number of carbonyl (C=O) groups is 2. The van der Waals surface area contributed by atoms with Crippen molar-refractivity contribution in [1.82, 2.24) is 4.90 Å². The molecule has 0 heterocycles. The molecule has 7 nitrogen and oxygen atoms in total. The molecule has 0 aromatic heterocycles. The molecule has 1 aromatic rings. The molecule has 0 fully saturated rings. The predicted octanol–water partition coefficient (Wildman–Crippen LogP) is 1.67. The highest BCUT2D eigenvalue weighted by Gasteiger charge is 2.23. The molecule has 0 aliphatic heterocycles. The van der Waals surface area contributed by atoms with Gasteiger partial charge < -0.3 is 10.0 Å². The SMILES string of the molecule is CN(CCCC(=O)O)C(=O)c1ccc(F)cc1[N+](=O)[O-]. The van der Waals surface area contributed by atoms with Crippen LogP contribution in [0.4, 0.5) is 10.1 Å². The van der Waals surface area contributed by atoms with E-state index >= 15 is 0 Å². The number of carboxylic acids is 1. The lowest BCUT2D eigenvalue weighted by Gasteiger charge is -2.16. The lowest BCUT2D eigenvalue weighted by molar-refractivity contribution is -0.385. The number of aliphatic carboxylic acids is 1. The van der Waals surface area contributed by atoms with Crippen LogP contribution in [0.3, 0.4) is 0 Å². The molecule has 0 bridgehead atoms. The summed E-state index contributed by atoms with van der Waals surface area (Å²) in [6.07, 6.45) is 0.121. The summed E-state index contributed by atoms with van der Waals surface area (Å²) in [7, 11) is 1.40. The summed E-state index contributed by atoms with van der Waals surface area (Å²) >= 11 is 0. The number of hydrogen-bond donors (Lipinski definition) is 1. The van der Waals surface area contributed by atoms with Gasteiger partial charge in [0, 0.05) is 20.0 Å². The second-order valence-electron chi connectivity index (χ2n) is 4.14. The van der Waals surface area contributed by atoms with Crippen molar-refractivity contribution in [3.63, 3.8) is 0 Å². The van der Waals surface area contributed by atoms with E-state index in [1.54, 1.807) is 0 Å². The van der Waals surface area contributed by atoms with Crippen molar-refractivity contribution in [2.24, 2.45) is 0 Å². The monoisotopic (exact) mass is 284 g/mol. The molecule has 0 saturated carbocycles. The third-order valence-electron chi connectivity index (χ3n) is 2.62. The Morgan fingerprint density at radius 1 is 1.45 bits per heavy atom. The van der Waals surface area contributed by atoms with Gasteiger partial charge in [0.15, 0.2) is 0 Å². The van der Waals surface area contributed by atoms with E-state index in [0.717, 1.165) is 12.1 Å². The fourth-order valence-corrected chi connectivity index (χ4v) is 1.61. The number of nitro groups is 1. The minimum absolute atomic E-state index is 0.108. The zero-order valence-corrected chi connectivity index (χ0v) is 10.7. The van der Waals surface area contributed by atoms with Crippen LogP contribution in [0.2, 0.25) is 0 Å². The molecule has 108 valence electrons. The molecule has 0 aliphatic rings. The van der Waals surface area contributed by atoms with E-state index in [0.29, 0.717) is 6.07 Å². The normalized spacial score (nSPS) is 10.1. The molecule has 0 unspecified atom stereocenters. The summed E-state index contributed by atoms with van der Waals surface area (Å²) < 4.78 is 13.0. The van der Waals surface area contributed by atoms with Crippen LogP contribution in [0.15, 0.2) is 18.2 Å². The third kappa shape index (κ3) is 4.01. The smallest absolute Gasteiger partial charge is 0.303 e. The molecule has 0 spiro atoms. The summed E-state index contributed by atoms with van der Waals surface area (Å²) in [5.41, 5.74) is -0.839. The highest BCUT2D eigenvalue weighted by molar-refractivity contribution is 5.98. The van der Waals surface area contributed by atoms with Crippen molar-refractivity contribution in [2.45, 2.75) is 12.8 Å². The van der Waals surface area contributed by atoms with Crippen LogP contribution in [0.1, 0.15) is 23.2 Å². The first-order valence-corrected chi connectivity index (χ1v) is 5.74. The second-order valence-corrected chi connectivity index (χ2v) is 4.14. The largest absolute Gasteiger partial charge is 0.481 e. The summed E-state index contributed by atoms with van der Waals surface area (Å²) in [4.78, 5) is 33.5. The zero-order valence-electron chi connectivity index (χ0n) is 10.7. The van der Waals surface area contributed by atoms with Crippen LogP contribution in [0.5, 0.6) is 0 Å². The van der Waals surface area contributed by atoms with E-state index in [1.165, 1.54) is 11.9 Å². The maximum atomic E-state index is 13.0.